The number of aromatic nitrogens is 4. The number of nitrogens with one attached hydrogen (secondary N) is 1. The molecule has 7 heteroatoms. The van der Waals surface area contributed by atoms with Crippen molar-refractivity contribution in [2.45, 2.75) is 6.54 Å². The Labute approximate surface area is 177 Å². The molecule has 152 valence electrons. The van der Waals surface area contributed by atoms with Crippen LogP contribution in [0.25, 0.3) is 22.4 Å². The second kappa shape index (κ2) is 7.87. The summed E-state index contributed by atoms with van der Waals surface area (Å²) in [5, 5.41) is 2.84. The van der Waals surface area contributed by atoms with Gasteiger partial charge in [0, 0.05) is 30.2 Å². The van der Waals surface area contributed by atoms with Gasteiger partial charge in [-0.1, -0.05) is 18.2 Å². The van der Waals surface area contributed by atoms with Gasteiger partial charge in [0.1, 0.15) is 12.1 Å². The molecule has 6 nitrogen and oxygen atoms in total. The van der Waals surface area contributed by atoms with Crippen molar-refractivity contribution in [1.82, 2.24) is 24.4 Å². The monoisotopic (exact) mass is 411 g/mol. The summed E-state index contributed by atoms with van der Waals surface area (Å²) in [5.74, 6) is -0.595. The average Bonchev–Trinajstić information content (AvgIpc) is 3.48. The smallest absolute Gasteiger partial charge is 0.251 e. The molecule has 2 aromatic heterocycles. The Morgan fingerprint density at radius 2 is 1.84 bits per heavy atom. The SMILES string of the molecule is O=C(NCc1ccc(-n2ccnc2)c(F)c1)c1ccc(-n2cnc3ccccc32)cc1. The lowest BCUT2D eigenvalue weighted by molar-refractivity contribution is 0.0951. The van der Waals surface area contributed by atoms with Gasteiger partial charge in [0.15, 0.2) is 0 Å². The number of amides is 1. The molecular weight excluding hydrogens is 393 g/mol. The lowest BCUT2D eigenvalue weighted by Gasteiger charge is -2.09. The van der Waals surface area contributed by atoms with E-state index >= 15 is 0 Å². The van der Waals surface area contributed by atoms with E-state index in [4.69, 9.17) is 0 Å². The van der Waals surface area contributed by atoms with Crippen LogP contribution in [-0.2, 0) is 6.54 Å². The van der Waals surface area contributed by atoms with Crippen molar-refractivity contribution in [3.63, 3.8) is 0 Å². The lowest BCUT2D eigenvalue weighted by atomic mass is 10.1. The molecule has 0 aliphatic rings. The Morgan fingerprint density at radius 1 is 1.00 bits per heavy atom. The molecule has 0 spiro atoms. The number of para-hydroxylation sites is 2. The average molecular weight is 411 g/mol. The topological polar surface area (TPSA) is 64.7 Å². The van der Waals surface area contributed by atoms with Gasteiger partial charge in [-0.2, -0.15) is 0 Å². The molecule has 0 radical (unpaired) electrons. The van der Waals surface area contributed by atoms with Crippen molar-refractivity contribution in [1.29, 1.82) is 0 Å². The van der Waals surface area contributed by atoms with Gasteiger partial charge >= 0.3 is 0 Å². The first-order chi connectivity index (χ1) is 15.2. The number of nitrogens with zero attached hydrogens (tertiary/aromatic N) is 4. The van der Waals surface area contributed by atoms with Gasteiger partial charge in [-0.15, -0.1) is 0 Å². The number of fused-ring (bicyclic) bond motifs is 1. The minimum absolute atomic E-state index is 0.221. The molecule has 1 amide bonds. The van der Waals surface area contributed by atoms with Crippen molar-refractivity contribution in [3.8, 4) is 11.4 Å². The summed E-state index contributed by atoms with van der Waals surface area (Å²) in [6.07, 6.45) is 6.57. The van der Waals surface area contributed by atoms with Gasteiger partial charge in [0.05, 0.1) is 23.0 Å². The molecular formula is C24H18FN5O. The zero-order valence-electron chi connectivity index (χ0n) is 16.4. The molecule has 31 heavy (non-hydrogen) atoms. The number of benzene rings is 3. The summed E-state index contributed by atoms with van der Waals surface area (Å²) in [6, 6.07) is 20.0. The molecule has 0 saturated carbocycles. The zero-order valence-corrected chi connectivity index (χ0v) is 16.4. The third-order valence-electron chi connectivity index (χ3n) is 5.11. The molecule has 0 aliphatic heterocycles. The molecule has 5 aromatic rings. The summed E-state index contributed by atoms with van der Waals surface area (Å²) in [6.45, 7) is 0.230. The van der Waals surface area contributed by atoms with Crippen molar-refractivity contribution < 1.29 is 9.18 Å². The van der Waals surface area contributed by atoms with Gasteiger partial charge in [-0.25, -0.2) is 14.4 Å². The van der Waals surface area contributed by atoms with E-state index in [9.17, 15) is 9.18 Å². The Morgan fingerprint density at radius 3 is 2.61 bits per heavy atom. The third-order valence-corrected chi connectivity index (χ3v) is 5.11. The van der Waals surface area contributed by atoms with E-state index in [2.05, 4.69) is 15.3 Å². The van der Waals surface area contributed by atoms with Crippen LogP contribution in [0.5, 0.6) is 0 Å². The largest absolute Gasteiger partial charge is 0.348 e. The van der Waals surface area contributed by atoms with Crippen LogP contribution in [0, 0.1) is 5.82 Å². The van der Waals surface area contributed by atoms with Gasteiger partial charge in [0.2, 0.25) is 0 Å². The fourth-order valence-electron chi connectivity index (χ4n) is 3.49. The molecule has 5 rings (SSSR count). The highest BCUT2D eigenvalue weighted by Crippen LogP contribution is 2.19. The molecule has 0 bridgehead atoms. The van der Waals surface area contributed by atoms with Crippen LogP contribution in [0.3, 0.4) is 0 Å². The van der Waals surface area contributed by atoms with E-state index in [1.807, 2.05) is 41.0 Å². The Kier molecular flexibility index (Phi) is 4.76. The summed E-state index contributed by atoms with van der Waals surface area (Å²) in [7, 11) is 0. The molecule has 0 atom stereocenters. The number of carbonyl (C=O) groups is 1. The predicted octanol–water partition coefficient (Wildman–Crippen LogP) is 4.28. The van der Waals surface area contributed by atoms with Gasteiger partial charge in [-0.05, 0) is 54.1 Å². The lowest BCUT2D eigenvalue weighted by Crippen LogP contribution is -2.22. The quantitative estimate of drug-likeness (QED) is 0.470. The van der Waals surface area contributed by atoms with Crippen LogP contribution >= 0.6 is 0 Å². The zero-order chi connectivity index (χ0) is 21.2. The Bertz CT molecular complexity index is 1360. The fourth-order valence-corrected chi connectivity index (χ4v) is 3.49. The van der Waals surface area contributed by atoms with Crippen molar-refractivity contribution in [3.05, 3.63) is 109 Å². The number of hydrogen-bond donors (Lipinski definition) is 1. The summed E-state index contributed by atoms with van der Waals surface area (Å²) in [5.41, 5.74) is 4.45. The highest BCUT2D eigenvalue weighted by molar-refractivity contribution is 5.94. The van der Waals surface area contributed by atoms with E-state index in [0.29, 0.717) is 16.8 Å². The van der Waals surface area contributed by atoms with Crippen LogP contribution < -0.4 is 5.32 Å². The molecule has 3 aromatic carbocycles. The molecule has 0 fully saturated rings. The first-order valence-electron chi connectivity index (χ1n) is 9.76. The number of carbonyl (C=O) groups excluding carboxylic acids is 1. The molecule has 0 aliphatic carbocycles. The summed E-state index contributed by atoms with van der Waals surface area (Å²) < 4.78 is 18.0. The van der Waals surface area contributed by atoms with Crippen molar-refractivity contribution in [2.24, 2.45) is 0 Å². The first kappa shape index (κ1) is 18.7. The van der Waals surface area contributed by atoms with E-state index in [0.717, 1.165) is 16.7 Å². The minimum atomic E-state index is -0.373. The van der Waals surface area contributed by atoms with Gasteiger partial charge in [0.25, 0.3) is 5.91 Å². The second-order valence-electron chi connectivity index (χ2n) is 7.09. The van der Waals surface area contributed by atoms with Crippen LogP contribution in [-0.4, -0.2) is 25.0 Å². The van der Waals surface area contributed by atoms with Crippen LogP contribution in [0.1, 0.15) is 15.9 Å². The van der Waals surface area contributed by atoms with E-state index in [1.165, 1.54) is 12.4 Å². The fraction of sp³-hybridized carbons (Fsp3) is 0.0417. The van der Waals surface area contributed by atoms with Crippen molar-refractivity contribution in [2.75, 3.05) is 0 Å². The highest BCUT2D eigenvalue weighted by Gasteiger charge is 2.09. The predicted molar refractivity (Wildman–Crippen MR) is 116 cm³/mol. The molecule has 0 saturated heterocycles. The number of halogens is 1. The van der Waals surface area contributed by atoms with Gasteiger partial charge in [-0.3, -0.25) is 9.36 Å². The summed E-state index contributed by atoms with van der Waals surface area (Å²) >= 11 is 0. The number of rotatable bonds is 5. The van der Waals surface area contributed by atoms with Crippen molar-refractivity contribution >= 4 is 16.9 Å². The number of imidazole rings is 2. The van der Waals surface area contributed by atoms with Gasteiger partial charge < -0.3 is 9.88 Å². The van der Waals surface area contributed by atoms with E-state index in [1.54, 1.807) is 47.6 Å². The minimum Gasteiger partial charge on any atom is -0.348 e. The van der Waals surface area contributed by atoms with Crippen LogP contribution in [0.15, 0.2) is 91.8 Å². The first-order valence-corrected chi connectivity index (χ1v) is 9.76. The maximum Gasteiger partial charge on any atom is 0.251 e. The Hall–Kier alpha value is -4.26. The highest BCUT2D eigenvalue weighted by atomic mass is 19.1. The standard InChI is InChI=1S/C24H18FN5O/c25-20-13-17(5-10-22(20)29-12-11-26-15-29)14-27-24(31)18-6-8-19(9-7-18)30-16-28-21-3-1-2-4-23(21)30/h1-13,15-16H,14H2,(H,27,31). The third kappa shape index (κ3) is 3.69. The molecule has 2 heterocycles. The van der Waals surface area contributed by atoms with Crippen LogP contribution in [0.2, 0.25) is 0 Å². The molecule has 0 unspecified atom stereocenters. The summed E-state index contributed by atoms with van der Waals surface area (Å²) in [4.78, 5) is 20.9. The maximum absolute atomic E-state index is 14.4. The normalized spacial score (nSPS) is 11.0. The number of hydrogen-bond acceptors (Lipinski definition) is 3. The second-order valence-corrected chi connectivity index (χ2v) is 7.09. The van der Waals surface area contributed by atoms with E-state index < -0.39 is 0 Å². The maximum atomic E-state index is 14.4. The Balaban J connectivity index is 1.27. The molecule has 1 N–H and O–H groups in total. The van der Waals surface area contributed by atoms with Crippen LogP contribution in [0.4, 0.5) is 4.39 Å². The van der Waals surface area contributed by atoms with E-state index in [-0.39, 0.29) is 18.3 Å².